The minimum absolute atomic E-state index is 0.271. The maximum absolute atomic E-state index is 13.2. The van der Waals surface area contributed by atoms with E-state index in [0.717, 1.165) is 53.3 Å². The highest BCUT2D eigenvalue weighted by atomic mass is 35.5. The molecule has 0 bridgehead atoms. The van der Waals surface area contributed by atoms with Crippen molar-refractivity contribution in [3.05, 3.63) is 57.4 Å². The number of aryl methyl sites for hydroxylation is 1. The Balaban J connectivity index is 1.73. The van der Waals surface area contributed by atoms with Gasteiger partial charge in [0.15, 0.2) is 6.61 Å². The second kappa shape index (κ2) is 11.7. The first-order valence-electron chi connectivity index (χ1n) is 11.0. The van der Waals surface area contributed by atoms with E-state index >= 15 is 0 Å². The summed E-state index contributed by atoms with van der Waals surface area (Å²) in [4.78, 5) is 12.8. The number of unbranched alkanes of at least 4 members (excludes halogenated alkanes) is 1. The number of carboxylic acid groups (broad SMARTS) is 1. The molecule has 2 aromatic carbocycles. The fourth-order valence-electron chi connectivity index (χ4n) is 3.81. The first kappa shape index (κ1) is 26.7. The van der Waals surface area contributed by atoms with E-state index < -0.39 is 24.3 Å². The number of halogens is 4. The number of fused-ring (bicyclic) bond motifs is 1. The first-order valence-corrected chi connectivity index (χ1v) is 13.1. The molecule has 0 saturated carbocycles. The van der Waals surface area contributed by atoms with Gasteiger partial charge in [0, 0.05) is 14.5 Å². The Morgan fingerprint density at radius 2 is 1.97 bits per heavy atom. The van der Waals surface area contributed by atoms with Gasteiger partial charge in [-0.1, -0.05) is 37.4 Å². The van der Waals surface area contributed by atoms with Crippen molar-refractivity contribution in [1.82, 2.24) is 0 Å². The van der Waals surface area contributed by atoms with Crippen LogP contribution in [0.1, 0.15) is 54.5 Å². The molecule has 1 heterocycles. The Kier molecular flexibility index (Phi) is 9.18. The number of benzene rings is 2. The highest BCUT2D eigenvalue weighted by molar-refractivity contribution is 7.99. The Morgan fingerprint density at radius 3 is 2.62 bits per heavy atom. The fraction of sp³-hybridized carbons (Fsp3) is 0.400. The van der Waals surface area contributed by atoms with E-state index in [1.807, 2.05) is 13.0 Å². The molecule has 0 saturated heterocycles. The van der Waals surface area contributed by atoms with Crippen LogP contribution < -0.4 is 4.74 Å². The van der Waals surface area contributed by atoms with Crippen molar-refractivity contribution in [1.29, 1.82) is 0 Å². The summed E-state index contributed by atoms with van der Waals surface area (Å²) in [5, 5.41) is 9.99. The molecule has 0 amide bonds. The maximum atomic E-state index is 13.2. The molecule has 3 rings (SSSR count). The van der Waals surface area contributed by atoms with Gasteiger partial charge in [-0.25, -0.2) is 4.79 Å². The number of thioether (sulfide) groups is 1. The third kappa shape index (κ3) is 6.83. The number of rotatable bonds is 11. The zero-order valence-electron chi connectivity index (χ0n) is 18.9. The van der Waals surface area contributed by atoms with Crippen LogP contribution in [0.4, 0.5) is 13.2 Å². The van der Waals surface area contributed by atoms with Crippen LogP contribution in [0.25, 0.3) is 10.1 Å². The van der Waals surface area contributed by atoms with Crippen molar-refractivity contribution in [2.75, 3.05) is 12.4 Å². The van der Waals surface area contributed by atoms with Gasteiger partial charge in [-0.2, -0.15) is 13.2 Å². The highest BCUT2D eigenvalue weighted by Gasteiger charge is 2.31. The average Bonchev–Trinajstić information content (AvgIpc) is 3.10. The molecular formula is C25H26ClF3O3S2. The lowest BCUT2D eigenvalue weighted by molar-refractivity contribution is -0.139. The summed E-state index contributed by atoms with van der Waals surface area (Å²) in [6.45, 7) is 3.68. The molecule has 0 aliphatic rings. The third-order valence-corrected chi connectivity index (χ3v) is 8.31. The lowest BCUT2D eigenvalue weighted by Crippen LogP contribution is -2.09. The first-order chi connectivity index (χ1) is 16.1. The molecule has 0 spiro atoms. The Bertz CT molecular complexity index is 1140. The second-order valence-electron chi connectivity index (χ2n) is 8.05. The number of carboxylic acids is 1. The van der Waals surface area contributed by atoms with Crippen molar-refractivity contribution in [3.63, 3.8) is 0 Å². The smallest absolute Gasteiger partial charge is 0.416 e. The van der Waals surface area contributed by atoms with Crippen LogP contribution in [0.5, 0.6) is 5.75 Å². The van der Waals surface area contributed by atoms with Gasteiger partial charge in [0.25, 0.3) is 0 Å². The predicted molar refractivity (Wildman–Crippen MR) is 134 cm³/mol. The van der Waals surface area contributed by atoms with E-state index in [1.165, 1.54) is 22.3 Å². The second-order valence-corrected chi connectivity index (χ2v) is 10.7. The molecule has 3 aromatic rings. The summed E-state index contributed by atoms with van der Waals surface area (Å²) in [6.07, 6.45) is -0.365. The number of carbonyl (C=O) groups is 1. The summed E-state index contributed by atoms with van der Waals surface area (Å²) in [5.41, 5.74) is 0.462. The van der Waals surface area contributed by atoms with Crippen LogP contribution >= 0.6 is 34.7 Å². The standard InChI is InChI=1S/C25H26ClF3O3S2/c1-3-4-5-16(10-11-33-18-7-9-21(20(26)13-18)32-14-23(30)31)24-15(2)19-8-6-17(25(27,28)29)12-22(19)34-24/h6-9,12-13,16H,3-5,10-11,14H2,1-2H3,(H,30,31). The number of thiophene rings is 1. The van der Waals surface area contributed by atoms with Gasteiger partial charge < -0.3 is 9.84 Å². The van der Waals surface area contributed by atoms with Crippen LogP contribution in [0.2, 0.25) is 5.02 Å². The normalized spacial score (nSPS) is 12.8. The molecular weight excluding hydrogens is 505 g/mol. The molecule has 0 aliphatic heterocycles. The van der Waals surface area contributed by atoms with Gasteiger partial charge in [-0.05, 0) is 72.7 Å². The molecule has 1 unspecified atom stereocenters. The monoisotopic (exact) mass is 530 g/mol. The third-order valence-electron chi connectivity index (χ3n) is 5.57. The molecule has 0 radical (unpaired) electrons. The largest absolute Gasteiger partial charge is 0.480 e. The Morgan fingerprint density at radius 1 is 1.21 bits per heavy atom. The fourth-order valence-corrected chi connectivity index (χ4v) is 6.54. The van der Waals surface area contributed by atoms with Crippen LogP contribution in [0.3, 0.4) is 0 Å². The van der Waals surface area contributed by atoms with E-state index in [9.17, 15) is 18.0 Å². The van der Waals surface area contributed by atoms with E-state index in [1.54, 1.807) is 30.0 Å². The topological polar surface area (TPSA) is 46.5 Å². The lowest BCUT2D eigenvalue weighted by atomic mass is 9.94. The molecule has 34 heavy (non-hydrogen) atoms. The average molecular weight is 531 g/mol. The van der Waals surface area contributed by atoms with Crippen molar-refractivity contribution in [2.45, 2.75) is 56.5 Å². The van der Waals surface area contributed by atoms with E-state index in [-0.39, 0.29) is 5.92 Å². The predicted octanol–water partition coefficient (Wildman–Crippen LogP) is 8.80. The highest BCUT2D eigenvalue weighted by Crippen LogP contribution is 2.42. The lowest BCUT2D eigenvalue weighted by Gasteiger charge is -2.16. The SMILES string of the molecule is CCCCC(CCSc1ccc(OCC(=O)O)c(Cl)c1)c1sc2cc(C(F)(F)F)ccc2c1C. The van der Waals surface area contributed by atoms with E-state index in [0.29, 0.717) is 15.5 Å². The van der Waals surface area contributed by atoms with Gasteiger partial charge in [0.1, 0.15) is 5.75 Å². The van der Waals surface area contributed by atoms with Gasteiger partial charge in [0.05, 0.1) is 10.6 Å². The van der Waals surface area contributed by atoms with Crippen LogP contribution in [0.15, 0.2) is 41.3 Å². The van der Waals surface area contributed by atoms with Gasteiger partial charge in [-0.3, -0.25) is 0 Å². The summed E-state index contributed by atoms with van der Waals surface area (Å²) in [6, 6.07) is 9.28. The molecule has 0 fully saturated rings. The van der Waals surface area contributed by atoms with E-state index in [4.69, 9.17) is 21.4 Å². The summed E-state index contributed by atoms with van der Waals surface area (Å²) < 4.78 is 45.3. The van der Waals surface area contributed by atoms with Gasteiger partial charge in [0.2, 0.25) is 0 Å². The number of ether oxygens (including phenoxy) is 1. The number of alkyl halides is 3. The quantitative estimate of drug-likeness (QED) is 0.252. The van der Waals surface area contributed by atoms with Crippen molar-refractivity contribution in [3.8, 4) is 5.75 Å². The van der Waals surface area contributed by atoms with Gasteiger partial charge >= 0.3 is 12.1 Å². The van der Waals surface area contributed by atoms with Crippen LogP contribution in [-0.4, -0.2) is 23.4 Å². The summed E-state index contributed by atoms with van der Waals surface area (Å²) in [7, 11) is 0. The Hall–Kier alpha value is -1.90. The number of hydrogen-bond acceptors (Lipinski definition) is 4. The minimum Gasteiger partial charge on any atom is -0.480 e. The van der Waals surface area contributed by atoms with Crippen LogP contribution in [-0.2, 0) is 11.0 Å². The molecule has 9 heteroatoms. The summed E-state index contributed by atoms with van der Waals surface area (Å²) >= 11 is 9.34. The molecule has 0 aliphatic carbocycles. The van der Waals surface area contributed by atoms with Crippen molar-refractivity contribution < 1.29 is 27.8 Å². The number of aliphatic carboxylic acids is 1. The zero-order chi connectivity index (χ0) is 24.9. The minimum atomic E-state index is -4.35. The number of hydrogen-bond donors (Lipinski definition) is 1. The Labute approximate surface area is 210 Å². The van der Waals surface area contributed by atoms with Gasteiger partial charge in [-0.15, -0.1) is 23.1 Å². The molecule has 1 aromatic heterocycles. The zero-order valence-corrected chi connectivity index (χ0v) is 21.3. The molecule has 184 valence electrons. The van der Waals surface area contributed by atoms with E-state index in [2.05, 4.69) is 6.92 Å². The van der Waals surface area contributed by atoms with Crippen LogP contribution in [0, 0.1) is 6.92 Å². The molecule has 3 nitrogen and oxygen atoms in total. The van der Waals surface area contributed by atoms with Crippen molar-refractivity contribution in [2.24, 2.45) is 0 Å². The summed E-state index contributed by atoms with van der Waals surface area (Å²) in [5.74, 6) is 0.349. The van der Waals surface area contributed by atoms with Crippen molar-refractivity contribution >= 4 is 50.8 Å². The maximum Gasteiger partial charge on any atom is 0.416 e. The molecule has 1 atom stereocenters. The molecule has 1 N–H and O–H groups in total.